The third-order valence-electron chi connectivity index (χ3n) is 7.40. The molecule has 1 aliphatic carbocycles. The number of nitrogens with one attached hydrogen (secondary N) is 3. The number of nitrogens with zero attached hydrogens (tertiary/aromatic N) is 2. The summed E-state index contributed by atoms with van der Waals surface area (Å²) in [7, 11) is -2.71. The van der Waals surface area contributed by atoms with Crippen LogP contribution in [0.3, 0.4) is 0 Å². The van der Waals surface area contributed by atoms with Gasteiger partial charge in [-0.15, -0.1) is 0 Å². The van der Waals surface area contributed by atoms with Gasteiger partial charge in [0.2, 0.25) is 11.8 Å². The van der Waals surface area contributed by atoms with E-state index in [0.29, 0.717) is 32.2 Å². The first-order chi connectivity index (χ1) is 18.2. The molecule has 12 nitrogen and oxygen atoms in total. The molecule has 1 saturated heterocycles. The van der Waals surface area contributed by atoms with E-state index in [0.717, 1.165) is 23.6 Å². The van der Waals surface area contributed by atoms with Crippen molar-refractivity contribution in [3.8, 4) is 0 Å². The number of hydrogen-bond donors (Lipinski definition) is 3. The number of carbonyl (C=O) groups is 4. The molecule has 39 heavy (non-hydrogen) atoms. The molecule has 4 atom stereocenters. The van der Waals surface area contributed by atoms with Gasteiger partial charge >= 0.3 is 16.3 Å². The molecule has 0 aromatic heterocycles. The van der Waals surface area contributed by atoms with Crippen LogP contribution in [0.1, 0.15) is 79.1 Å². The van der Waals surface area contributed by atoms with E-state index < -0.39 is 51.3 Å². The zero-order chi connectivity index (χ0) is 29.0. The maximum absolute atomic E-state index is 13.6. The second kappa shape index (κ2) is 12.2. The number of amides is 4. The van der Waals surface area contributed by atoms with E-state index in [1.165, 1.54) is 11.9 Å². The summed E-state index contributed by atoms with van der Waals surface area (Å²) in [6.07, 6.45) is 7.84. The molecule has 0 aromatic carbocycles. The molecule has 13 heteroatoms. The van der Waals surface area contributed by atoms with Gasteiger partial charge in [0, 0.05) is 26.1 Å². The molecule has 3 aliphatic rings. The van der Waals surface area contributed by atoms with Crippen molar-refractivity contribution in [2.24, 2.45) is 5.92 Å². The summed E-state index contributed by atoms with van der Waals surface area (Å²) in [5, 5.41) is 5.50. The maximum atomic E-state index is 13.6. The predicted octanol–water partition coefficient (Wildman–Crippen LogP) is 1.58. The number of ether oxygens (including phenoxy) is 1. The summed E-state index contributed by atoms with van der Waals surface area (Å²) in [5.74, 6) is -2.04. The second-order valence-corrected chi connectivity index (χ2v) is 13.4. The third kappa shape index (κ3) is 7.71. The normalized spacial score (nSPS) is 29.3. The fourth-order valence-corrected chi connectivity index (χ4v) is 5.91. The molecule has 1 saturated carbocycles. The lowest BCUT2D eigenvalue weighted by atomic mass is 10.0. The Bertz CT molecular complexity index is 1090. The van der Waals surface area contributed by atoms with Gasteiger partial charge in [0.05, 0.1) is 0 Å². The van der Waals surface area contributed by atoms with Gasteiger partial charge in [0.15, 0.2) is 0 Å². The second-order valence-electron chi connectivity index (χ2n) is 11.6. The molecular formula is C26H43N5O7S. The van der Waals surface area contributed by atoms with Gasteiger partial charge in [-0.1, -0.05) is 31.9 Å². The van der Waals surface area contributed by atoms with Crippen molar-refractivity contribution in [2.75, 3.05) is 20.1 Å². The van der Waals surface area contributed by atoms with Crippen molar-refractivity contribution in [2.45, 2.75) is 102 Å². The first-order valence-electron chi connectivity index (χ1n) is 13.8. The molecule has 2 aliphatic heterocycles. The minimum absolute atomic E-state index is 0.170. The summed E-state index contributed by atoms with van der Waals surface area (Å²) in [4.78, 5) is 54.4. The number of rotatable bonds is 5. The maximum Gasteiger partial charge on any atom is 0.408 e. The molecule has 220 valence electrons. The van der Waals surface area contributed by atoms with Crippen LogP contribution in [0.25, 0.3) is 0 Å². The highest BCUT2D eigenvalue weighted by molar-refractivity contribution is 7.87. The smallest absolute Gasteiger partial charge is 0.408 e. The molecule has 2 heterocycles. The van der Waals surface area contributed by atoms with Gasteiger partial charge < -0.3 is 20.3 Å². The van der Waals surface area contributed by atoms with E-state index >= 15 is 0 Å². The fraction of sp³-hybridized carbons (Fsp3) is 0.769. The Morgan fingerprint density at radius 2 is 1.90 bits per heavy atom. The van der Waals surface area contributed by atoms with E-state index in [2.05, 4.69) is 15.4 Å². The van der Waals surface area contributed by atoms with Gasteiger partial charge in [-0.05, 0) is 59.3 Å². The van der Waals surface area contributed by atoms with E-state index in [1.807, 2.05) is 12.2 Å². The number of carbonyl (C=O) groups excluding carboxylic acids is 4. The summed E-state index contributed by atoms with van der Waals surface area (Å²) in [6.45, 7) is 7.36. The fourth-order valence-electron chi connectivity index (χ4n) is 5.00. The van der Waals surface area contributed by atoms with Crippen molar-refractivity contribution in [1.82, 2.24) is 24.6 Å². The molecule has 2 fully saturated rings. The lowest BCUT2D eigenvalue weighted by molar-refractivity contribution is -0.141. The van der Waals surface area contributed by atoms with Crippen molar-refractivity contribution >= 4 is 34.0 Å². The molecular weight excluding hydrogens is 526 g/mol. The van der Waals surface area contributed by atoms with Crippen LogP contribution in [0.5, 0.6) is 0 Å². The van der Waals surface area contributed by atoms with E-state index in [4.69, 9.17) is 4.74 Å². The summed E-state index contributed by atoms with van der Waals surface area (Å²) in [6, 6.07) is -1.69. The van der Waals surface area contributed by atoms with Gasteiger partial charge in [-0.2, -0.15) is 12.7 Å². The predicted molar refractivity (Wildman–Crippen MR) is 144 cm³/mol. The summed E-state index contributed by atoms with van der Waals surface area (Å²) >= 11 is 0. The lowest BCUT2D eigenvalue weighted by Gasteiger charge is -2.30. The highest BCUT2D eigenvalue weighted by Crippen LogP contribution is 2.45. The average Bonchev–Trinajstić information content (AvgIpc) is 3.30. The van der Waals surface area contributed by atoms with Crippen LogP contribution in [0.2, 0.25) is 0 Å². The Morgan fingerprint density at radius 1 is 1.18 bits per heavy atom. The zero-order valence-corrected chi connectivity index (χ0v) is 24.4. The van der Waals surface area contributed by atoms with Crippen molar-refractivity contribution in [3.63, 3.8) is 0 Å². The highest BCUT2D eigenvalue weighted by Gasteiger charge is 2.61. The van der Waals surface area contributed by atoms with Crippen LogP contribution in [-0.2, 0) is 29.3 Å². The Balaban J connectivity index is 1.84. The Morgan fingerprint density at radius 3 is 2.56 bits per heavy atom. The van der Waals surface area contributed by atoms with Crippen molar-refractivity contribution < 1.29 is 32.3 Å². The number of hydrogen-bond acceptors (Lipinski definition) is 7. The average molecular weight is 570 g/mol. The van der Waals surface area contributed by atoms with Gasteiger partial charge in [0.25, 0.3) is 5.91 Å². The Labute approximate surface area is 231 Å². The minimum atomic E-state index is -4.07. The van der Waals surface area contributed by atoms with Crippen molar-refractivity contribution in [3.05, 3.63) is 12.2 Å². The van der Waals surface area contributed by atoms with E-state index in [1.54, 1.807) is 27.7 Å². The minimum Gasteiger partial charge on any atom is -0.444 e. The van der Waals surface area contributed by atoms with E-state index in [9.17, 15) is 27.6 Å². The van der Waals surface area contributed by atoms with Crippen LogP contribution >= 0.6 is 0 Å². The van der Waals surface area contributed by atoms with E-state index in [-0.39, 0.29) is 24.8 Å². The quantitative estimate of drug-likeness (QED) is 0.425. The molecule has 0 radical (unpaired) electrons. The molecule has 3 N–H and O–H groups in total. The molecule has 0 aromatic rings. The topological polar surface area (TPSA) is 154 Å². The number of fused-ring (bicyclic) bond motifs is 2. The zero-order valence-electron chi connectivity index (χ0n) is 23.6. The Kier molecular flexibility index (Phi) is 9.69. The van der Waals surface area contributed by atoms with Crippen LogP contribution in [-0.4, -0.2) is 84.8 Å². The van der Waals surface area contributed by atoms with Gasteiger partial charge in [-0.25, -0.2) is 9.52 Å². The highest BCUT2D eigenvalue weighted by atomic mass is 32.2. The Hall–Kier alpha value is -2.67. The van der Waals surface area contributed by atoms with Crippen LogP contribution in [0, 0.1) is 5.92 Å². The van der Waals surface area contributed by atoms with Crippen LogP contribution < -0.4 is 15.4 Å². The largest absolute Gasteiger partial charge is 0.444 e. The van der Waals surface area contributed by atoms with Crippen LogP contribution in [0.4, 0.5) is 4.79 Å². The first-order valence-corrected chi connectivity index (χ1v) is 15.2. The van der Waals surface area contributed by atoms with Gasteiger partial charge in [0.1, 0.15) is 23.2 Å². The molecule has 3 rings (SSSR count). The molecule has 0 bridgehead atoms. The van der Waals surface area contributed by atoms with Gasteiger partial charge in [-0.3, -0.25) is 14.4 Å². The van der Waals surface area contributed by atoms with Crippen LogP contribution in [0.15, 0.2) is 12.2 Å². The summed E-state index contributed by atoms with van der Waals surface area (Å²) < 4.78 is 33.6. The third-order valence-corrected chi connectivity index (χ3v) is 8.93. The monoisotopic (exact) mass is 569 g/mol. The first kappa shape index (κ1) is 30.9. The van der Waals surface area contributed by atoms with Crippen molar-refractivity contribution in [1.29, 1.82) is 0 Å². The molecule has 0 unspecified atom stereocenters. The number of alkyl carbamates (subject to hydrolysis) is 1. The summed E-state index contributed by atoms with van der Waals surface area (Å²) in [5.41, 5.74) is -2.15. The lowest BCUT2D eigenvalue weighted by Crippen LogP contribution is -2.59. The molecule has 4 amide bonds. The number of allylic oxidation sites excluding steroid dienone is 1. The SMILES string of the molecule is CCN(C)S(=O)(=O)NC(=O)[C@@]12C[C@@H]1/C=C\CCCCC[C@H](NC(=O)OC(C)(C)C)C(=O)N1CCC[C@H]1C(=O)N2. The standard InChI is InChI=1S/C26H43N5O7S/c1-6-30(5)39(36,37)29-23(34)26-17-18(26)13-10-8-7-9-11-14-19(27-24(35)38-25(2,3)4)22(33)31-16-12-15-20(31)21(32)28-26/h10,13,18-20H,6-9,11-12,14-17H2,1-5H3,(H,27,35)(H,28,32)(H,29,34)/b13-10-/t18-,19-,20-,26+/m0/s1. The molecule has 0 spiro atoms.